The van der Waals surface area contributed by atoms with Crippen LogP contribution in [0.5, 0.6) is 11.5 Å². The molecule has 8 nitrogen and oxygen atoms in total. The minimum atomic E-state index is -0.594. The summed E-state index contributed by atoms with van der Waals surface area (Å²) in [6, 6.07) is 2.54. The highest BCUT2D eigenvalue weighted by Crippen LogP contribution is 2.35. The number of carbonyl (C=O) groups is 1. The van der Waals surface area contributed by atoms with Gasteiger partial charge in [0.1, 0.15) is 5.56 Å². The van der Waals surface area contributed by atoms with Crippen molar-refractivity contribution < 1.29 is 19.2 Å². The lowest BCUT2D eigenvalue weighted by molar-refractivity contribution is -0.385. The Labute approximate surface area is 160 Å². The third kappa shape index (κ3) is 6.03. The van der Waals surface area contributed by atoms with Crippen molar-refractivity contribution in [1.29, 1.82) is 0 Å². The van der Waals surface area contributed by atoms with E-state index in [9.17, 15) is 14.9 Å². The number of nitro groups is 1. The molecule has 0 fully saturated rings. The van der Waals surface area contributed by atoms with Crippen LogP contribution in [0.4, 0.5) is 5.69 Å². The molecule has 0 saturated heterocycles. The molecule has 0 aliphatic rings. The molecule has 0 aliphatic carbocycles. The molecule has 0 bridgehead atoms. The van der Waals surface area contributed by atoms with Gasteiger partial charge < -0.3 is 20.1 Å². The Balaban J connectivity index is 0.00000625. The molecule has 9 heteroatoms. The molecular weight excluding hydrogens is 362 g/mol. The number of methoxy groups -OCH3 is 1. The normalized spacial score (nSPS) is 11.5. The quantitative estimate of drug-likeness (QED) is 0.513. The number of nitrogens with two attached hydrogens (primary N) is 1. The van der Waals surface area contributed by atoms with Gasteiger partial charge >= 0.3 is 0 Å². The molecule has 0 radical (unpaired) electrons. The minimum Gasteiger partial charge on any atom is -0.493 e. The Hall–Kier alpha value is -2.06. The topological polar surface area (TPSA) is 108 Å². The fraction of sp³-hybridized carbons (Fsp3) is 0.588. The molecule has 0 spiro atoms. The molecule has 1 amide bonds. The molecular formula is C17H28ClN3O5. The number of amides is 1. The monoisotopic (exact) mass is 389 g/mol. The van der Waals surface area contributed by atoms with Crippen molar-refractivity contribution in [2.45, 2.75) is 33.2 Å². The molecule has 1 atom stereocenters. The fourth-order valence-corrected chi connectivity index (χ4v) is 2.28. The predicted octanol–water partition coefficient (Wildman–Crippen LogP) is 2.87. The first-order valence-electron chi connectivity index (χ1n) is 8.23. The summed E-state index contributed by atoms with van der Waals surface area (Å²) in [5.74, 6) is 0.355. The Morgan fingerprint density at radius 2 is 1.96 bits per heavy atom. The SMILES string of the molecule is CCOc1cc([N+](=O)[O-])c(C(=O)N(C)CCC(N)C(C)C)cc1OC.Cl. The molecule has 1 aromatic carbocycles. The Morgan fingerprint density at radius 3 is 2.42 bits per heavy atom. The van der Waals surface area contributed by atoms with Crippen molar-refractivity contribution in [2.75, 3.05) is 27.3 Å². The molecule has 0 aromatic heterocycles. The first-order chi connectivity index (χ1) is 11.7. The Kier molecular flexibility index (Phi) is 9.97. The Bertz CT molecular complexity index is 625. The van der Waals surface area contributed by atoms with E-state index in [1.165, 1.54) is 24.1 Å². The number of ether oxygens (including phenoxy) is 2. The highest BCUT2D eigenvalue weighted by molar-refractivity contribution is 5.99. The van der Waals surface area contributed by atoms with Gasteiger partial charge in [-0.2, -0.15) is 0 Å². The summed E-state index contributed by atoms with van der Waals surface area (Å²) in [7, 11) is 3.02. The molecule has 1 aromatic rings. The van der Waals surface area contributed by atoms with Gasteiger partial charge in [-0.15, -0.1) is 12.4 Å². The molecule has 0 aliphatic heterocycles. The Morgan fingerprint density at radius 1 is 1.35 bits per heavy atom. The van der Waals surface area contributed by atoms with Gasteiger partial charge in [-0.05, 0) is 19.3 Å². The summed E-state index contributed by atoms with van der Waals surface area (Å²) >= 11 is 0. The largest absolute Gasteiger partial charge is 0.493 e. The van der Waals surface area contributed by atoms with Gasteiger partial charge in [-0.3, -0.25) is 14.9 Å². The van der Waals surface area contributed by atoms with Gasteiger partial charge in [0.05, 0.1) is 24.7 Å². The molecule has 1 unspecified atom stereocenters. The van der Waals surface area contributed by atoms with E-state index in [1.807, 2.05) is 13.8 Å². The summed E-state index contributed by atoms with van der Waals surface area (Å²) in [6.07, 6.45) is 0.613. The summed E-state index contributed by atoms with van der Waals surface area (Å²) in [4.78, 5) is 24.9. The van der Waals surface area contributed by atoms with Gasteiger partial charge in [0.25, 0.3) is 11.6 Å². The van der Waals surface area contributed by atoms with E-state index in [-0.39, 0.29) is 41.2 Å². The van der Waals surface area contributed by atoms with Crippen molar-refractivity contribution >= 4 is 24.0 Å². The van der Waals surface area contributed by atoms with Gasteiger partial charge in [-0.1, -0.05) is 13.8 Å². The van der Waals surface area contributed by atoms with E-state index < -0.39 is 10.8 Å². The number of benzene rings is 1. The van der Waals surface area contributed by atoms with Crippen LogP contribution in [0, 0.1) is 16.0 Å². The molecule has 26 heavy (non-hydrogen) atoms. The summed E-state index contributed by atoms with van der Waals surface area (Å²) in [6.45, 7) is 6.51. The number of rotatable bonds is 9. The van der Waals surface area contributed by atoms with Crippen molar-refractivity contribution in [1.82, 2.24) is 4.90 Å². The van der Waals surface area contributed by atoms with Crippen molar-refractivity contribution in [2.24, 2.45) is 11.7 Å². The zero-order chi connectivity index (χ0) is 19.1. The highest BCUT2D eigenvalue weighted by atomic mass is 35.5. The van der Waals surface area contributed by atoms with E-state index in [4.69, 9.17) is 15.2 Å². The van der Waals surface area contributed by atoms with Crippen LogP contribution in [-0.4, -0.2) is 49.1 Å². The van der Waals surface area contributed by atoms with Gasteiger partial charge in [0.15, 0.2) is 11.5 Å². The summed E-state index contributed by atoms with van der Waals surface area (Å²) in [5, 5.41) is 11.4. The number of halogens is 1. The summed E-state index contributed by atoms with van der Waals surface area (Å²) in [5.41, 5.74) is 5.65. The van der Waals surface area contributed by atoms with Crippen LogP contribution in [0.15, 0.2) is 12.1 Å². The van der Waals surface area contributed by atoms with E-state index in [1.54, 1.807) is 14.0 Å². The average Bonchev–Trinajstić information content (AvgIpc) is 2.58. The van der Waals surface area contributed by atoms with Gasteiger partial charge in [0, 0.05) is 25.7 Å². The van der Waals surface area contributed by atoms with Crippen LogP contribution in [-0.2, 0) is 0 Å². The smallest absolute Gasteiger partial charge is 0.286 e. The predicted molar refractivity (Wildman–Crippen MR) is 102 cm³/mol. The lowest BCUT2D eigenvalue weighted by atomic mass is 10.0. The van der Waals surface area contributed by atoms with E-state index in [0.29, 0.717) is 25.5 Å². The lowest BCUT2D eigenvalue weighted by Gasteiger charge is -2.22. The maximum absolute atomic E-state index is 12.7. The number of hydrogen-bond acceptors (Lipinski definition) is 6. The van der Waals surface area contributed by atoms with Gasteiger partial charge in [0.2, 0.25) is 0 Å². The molecule has 0 saturated carbocycles. The second-order valence-corrected chi connectivity index (χ2v) is 6.13. The van der Waals surface area contributed by atoms with Crippen molar-refractivity contribution in [3.8, 4) is 11.5 Å². The second kappa shape index (κ2) is 10.8. The lowest BCUT2D eigenvalue weighted by Crippen LogP contribution is -2.34. The molecule has 148 valence electrons. The van der Waals surface area contributed by atoms with E-state index >= 15 is 0 Å². The maximum Gasteiger partial charge on any atom is 0.286 e. The maximum atomic E-state index is 12.7. The first kappa shape index (κ1) is 23.9. The molecule has 1 rings (SSSR count). The summed E-state index contributed by atoms with van der Waals surface area (Å²) < 4.78 is 10.5. The molecule has 2 N–H and O–H groups in total. The van der Waals surface area contributed by atoms with E-state index in [2.05, 4.69) is 0 Å². The highest BCUT2D eigenvalue weighted by Gasteiger charge is 2.27. The zero-order valence-electron chi connectivity index (χ0n) is 15.9. The number of nitro benzene ring substituents is 1. The van der Waals surface area contributed by atoms with Gasteiger partial charge in [-0.25, -0.2) is 0 Å². The third-order valence-electron chi connectivity index (χ3n) is 4.01. The fourth-order valence-electron chi connectivity index (χ4n) is 2.28. The van der Waals surface area contributed by atoms with E-state index in [0.717, 1.165) is 0 Å². The van der Waals surface area contributed by atoms with Crippen LogP contribution in [0.1, 0.15) is 37.6 Å². The number of carbonyl (C=O) groups excluding carboxylic acids is 1. The van der Waals surface area contributed by atoms with Crippen LogP contribution < -0.4 is 15.2 Å². The van der Waals surface area contributed by atoms with Crippen LogP contribution in [0.2, 0.25) is 0 Å². The second-order valence-electron chi connectivity index (χ2n) is 6.13. The van der Waals surface area contributed by atoms with Crippen LogP contribution in [0.25, 0.3) is 0 Å². The van der Waals surface area contributed by atoms with Crippen molar-refractivity contribution in [3.05, 3.63) is 27.8 Å². The van der Waals surface area contributed by atoms with Crippen LogP contribution in [0.3, 0.4) is 0 Å². The average molecular weight is 390 g/mol. The van der Waals surface area contributed by atoms with Crippen LogP contribution >= 0.6 is 12.4 Å². The number of hydrogen-bond donors (Lipinski definition) is 1. The standard InChI is InChI=1S/C17H27N3O5.ClH/c1-6-25-16-10-14(20(22)23)12(9-15(16)24-5)17(21)19(4)8-7-13(18)11(2)3;/h9-11,13H,6-8,18H2,1-5H3;1H. The zero-order valence-corrected chi connectivity index (χ0v) is 16.7. The van der Waals surface area contributed by atoms with Crippen molar-refractivity contribution in [3.63, 3.8) is 0 Å². The minimum absolute atomic E-state index is 0. The number of nitrogens with zero attached hydrogens (tertiary/aromatic N) is 2. The first-order valence-corrected chi connectivity index (χ1v) is 8.23. The molecule has 0 heterocycles. The third-order valence-corrected chi connectivity index (χ3v) is 4.01.